The number of benzene rings is 9. The first-order valence-corrected chi connectivity index (χ1v) is 22.3. The highest BCUT2D eigenvalue weighted by molar-refractivity contribution is 7.22. The smallest absolute Gasteiger partial charge is 0.124 e. The van der Waals surface area contributed by atoms with Gasteiger partial charge >= 0.3 is 0 Å². The molecular weight excluding hydrogens is 777 g/mol. The van der Waals surface area contributed by atoms with Gasteiger partial charge in [0.15, 0.2) is 0 Å². The Bertz CT molecular complexity index is 3270. The Kier molecular flexibility index (Phi) is 7.59. The molecule has 4 heteroatoms. The molecule has 0 amide bonds. The van der Waals surface area contributed by atoms with E-state index in [0.717, 1.165) is 32.2 Å². The zero-order chi connectivity index (χ0) is 40.1. The molecular formula is C57H34N2S2. The van der Waals surface area contributed by atoms with Crippen molar-refractivity contribution in [2.75, 3.05) is 0 Å². The summed E-state index contributed by atoms with van der Waals surface area (Å²) in [4.78, 5) is 9.90. The zero-order valence-electron chi connectivity index (χ0n) is 32.8. The van der Waals surface area contributed by atoms with Crippen molar-refractivity contribution < 1.29 is 0 Å². The van der Waals surface area contributed by atoms with Crippen molar-refractivity contribution in [3.05, 3.63) is 229 Å². The van der Waals surface area contributed by atoms with Crippen molar-refractivity contribution in [1.29, 1.82) is 0 Å². The third kappa shape index (κ3) is 5.26. The molecule has 2 aliphatic rings. The highest BCUT2D eigenvalue weighted by Crippen LogP contribution is 2.63. The van der Waals surface area contributed by atoms with Gasteiger partial charge in [-0.05, 0) is 126 Å². The molecule has 0 bridgehead atoms. The lowest BCUT2D eigenvalue weighted by atomic mass is 9.70. The van der Waals surface area contributed by atoms with Gasteiger partial charge in [0.1, 0.15) is 10.0 Å². The highest BCUT2D eigenvalue weighted by atomic mass is 32.1. The monoisotopic (exact) mass is 810 g/mol. The van der Waals surface area contributed by atoms with Crippen molar-refractivity contribution in [1.82, 2.24) is 9.97 Å². The van der Waals surface area contributed by atoms with Gasteiger partial charge < -0.3 is 0 Å². The second kappa shape index (κ2) is 13.4. The second-order valence-corrected chi connectivity index (χ2v) is 18.1. The molecule has 0 saturated heterocycles. The molecule has 11 aromatic rings. The maximum atomic E-state index is 4.95. The Labute approximate surface area is 361 Å². The molecule has 2 heterocycles. The van der Waals surface area contributed by atoms with Gasteiger partial charge in [-0.1, -0.05) is 158 Å². The van der Waals surface area contributed by atoms with E-state index in [0.29, 0.717) is 0 Å². The lowest BCUT2D eigenvalue weighted by Gasteiger charge is -2.30. The first-order chi connectivity index (χ1) is 30.2. The molecule has 0 N–H and O–H groups in total. The summed E-state index contributed by atoms with van der Waals surface area (Å²) < 4.78 is 2.41. The van der Waals surface area contributed by atoms with Crippen LogP contribution in [0.1, 0.15) is 22.3 Å². The number of hydrogen-bond donors (Lipinski definition) is 0. The molecule has 0 unspecified atom stereocenters. The fraction of sp³-hybridized carbons (Fsp3) is 0.0175. The lowest BCUT2D eigenvalue weighted by Crippen LogP contribution is -2.25. The van der Waals surface area contributed by atoms with Gasteiger partial charge in [-0.3, -0.25) is 0 Å². The number of rotatable bonds is 5. The van der Waals surface area contributed by atoms with E-state index < -0.39 is 5.41 Å². The first kappa shape index (κ1) is 34.6. The summed E-state index contributed by atoms with van der Waals surface area (Å²) >= 11 is 3.48. The predicted octanol–water partition coefficient (Wildman–Crippen LogP) is 15.6. The minimum atomic E-state index is -0.400. The van der Waals surface area contributed by atoms with Crippen LogP contribution in [0.15, 0.2) is 206 Å². The number of nitrogens with zero attached hydrogens (tertiary/aromatic N) is 2. The summed E-state index contributed by atoms with van der Waals surface area (Å²) in [6.07, 6.45) is 0. The molecule has 2 aromatic heterocycles. The minimum absolute atomic E-state index is 0.400. The summed E-state index contributed by atoms with van der Waals surface area (Å²) in [7, 11) is 0. The van der Waals surface area contributed by atoms with E-state index in [2.05, 4.69) is 206 Å². The van der Waals surface area contributed by atoms with Gasteiger partial charge in [0.25, 0.3) is 0 Å². The molecule has 0 radical (unpaired) electrons. The summed E-state index contributed by atoms with van der Waals surface area (Å²) in [6, 6.07) is 76.0. The van der Waals surface area contributed by atoms with Gasteiger partial charge in [-0.15, -0.1) is 22.7 Å². The third-order valence-corrected chi connectivity index (χ3v) is 15.0. The zero-order valence-corrected chi connectivity index (χ0v) is 34.5. The van der Waals surface area contributed by atoms with Crippen LogP contribution in [0, 0.1) is 0 Å². The van der Waals surface area contributed by atoms with Gasteiger partial charge in [0, 0.05) is 11.1 Å². The number of hydrogen-bond acceptors (Lipinski definition) is 4. The summed E-state index contributed by atoms with van der Waals surface area (Å²) in [5.41, 5.74) is 21.7. The van der Waals surface area contributed by atoms with Crippen molar-refractivity contribution in [2.24, 2.45) is 0 Å². The average molecular weight is 811 g/mol. The Morgan fingerprint density at radius 1 is 0.279 bits per heavy atom. The van der Waals surface area contributed by atoms with Crippen LogP contribution in [0.4, 0.5) is 0 Å². The van der Waals surface area contributed by atoms with Crippen molar-refractivity contribution in [3.8, 4) is 76.8 Å². The quantitative estimate of drug-likeness (QED) is 0.173. The van der Waals surface area contributed by atoms with Gasteiger partial charge in [-0.2, -0.15) is 0 Å². The van der Waals surface area contributed by atoms with Crippen LogP contribution in [0.5, 0.6) is 0 Å². The van der Waals surface area contributed by atoms with Crippen molar-refractivity contribution in [2.45, 2.75) is 5.41 Å². The van der Waals surface area contributed by atoms with E-state index in [1.165, 1.54) is 87.3 Å². The van der Waals surface area contributed by atoms with E-state index in [-0.39, 0.29) is 0 Å². The van der Waals surface area contributed by atoms with Crippen LogP contribution in [-0.4, -0.2) is 9.97 Å². The normalized spacial score (nSPS) is 13.0. The predicted molar refractivity (Wildman–Crippen MR) is 256 cm³/mol. The second-order valence-electron chi connectivity index (χ2n) is 16.1. The fourth-order valence-corrected chi connectivity index (χ4v) is 11.9. The van der Waals surface area contributed by atoms with E-state index >= 15 is 0 Å². The Balaban J connectivity index is 0.972. The molecule has 13 rings (SSSR count). The van der Waals surface area contributed by atoms with Crippen molar-refractivity contribution >= 4 is 43.1 Å². The van der Waals surface area contributed by atoms with Gasteiger partial charge in [0.2, 0.25) is 0 Å². The Morgan fingerprint density at radius 3 is 1.10 bits per heavy atom. The molecule has 0 saturated carbocycles. The topological polar surface area (TPSA) is 25.8 Å². The van der Waals surface area contributed by atoms with Crippen LogP contribution in [0.3, 0.4) is 0 Å². The first-order valence-electron chi connectivity index (χ1n) is 20.7. The maximum Gasteiger partial charge on any atom is 0.124 e. The molecule has 2 nitrogen and oxygen atoms in total. The van der Waals surface area contributed by atoms with Crippen LogP contribution >= 0.6 is 22.7 Å². The summed E-state index contributed by atoms with van der Waals surface area (Å²) in [6.45, 7) is 0. The van der Waals surface area contributed by atoms with Gasteiger partial charge in [-0.25, -0.2) is 9.97 Å². The molecule has 0 fully saturated rings. The maximum absolute atomic E-state index is 4.95. The number of aromatic nitrogens is 2. The third-order valence-electron chi connectivity index (χ3n) is 12.8. The molecule has 2 aliphatic carbocycles. The summed E-state index contributed by atoms with van der Waals surface area (Å²) in [5.74, 6) is 0. The molecule has 0 atom stereocenters. The van der Waals surface area contributed by atoms with E-state index in [9.17, 15) is 0 Å². The van der Waals surface area contributed by atoms with E-state index in [1.807, 2.05) is 0 Å². The van der Waals surface area contributed by atoms with Crippen molar-refractivity contribution in [3.63, 3.8) is 0 Å². The molecule has 0 aliphatic heterocycles. The Hall–Kier alpha value is -7.24. The van der Waals surface area contributed by atoms with Crippen LogP contribution in [0.25, 0.3) is 97.2 Å². The van der Waals surface area contributed by atoms with Crippen LogP contribution in [0.2, 0.25) is 0 Å². The molecule has 61 heavy (non-hydrogen) atoms. The van der Waals surface area contributed by atoms with E-state index in [1.54, 1.807) is 22.7 Å². The summed E-state index contributed by atoms with van der Waals surface area (Å²) in [5, 5.41) is 2.08. The Morgan fingerprint density at radius 2 is 0.639 bits per heavy atom. The van der Waals surface area contributed by atoms with Crippen LogP contribution < -0.4 is 0 Å². The van der Waals surface area contributed by atoms with E-state index in [4.69, 9.17) is 9.97 Å². The molecule has 1 spiro atoms. The molecule has 9 aromatic carbocycles. The largest absolute Gasteiger partial charge is 0.236 e. The SMILES string of the molecule is c1ccc2c(c1)-c1ccccc1C21c2ccccc2-c2ccc(-c3cc(-c4ccc(-c5nc6ccccc6s5)cc4)cc(-c4ccc(-c5nc6ccccc6s5)cc4)c3)cc21. The molecule has 284 valence electrons. The van der Waals surface area contributed by atoms with Gasteiger partial charge in [0.05, 0.1) is 25.8 Å². The number of fused-ring (bicyclic) bond motifs is 12. The lowest BCUT2D eigenvalue weighted by molar-refractivity contribution is 0.794. The number of para-hydroxylation sites is 2. The standard InChI is InChI=1S/C57H34N2S2/c1-4-14-47-43(11-1)44-12-2-5-15-48(44)57(47)49-16-6-3-13-45(49)46-30-29-39(34-50(46)57)42-32-40(35-21-25-37(26-22-35)55-58-51-17-7-9-19-53(51)60-55)31-41(33-42)36-23-27-38(28-24-36)56-59-52-18-8-10-20-54(52)61-56/h1-34H. The van der Waals surface area contributed by atoms with Crippen LogP contribution in [-0.2, 0) is 5.41 Å². The average Bonchev–Trinajstić information content (AvgIpc) is 4.10. The highest BCUT2D eigenvalue weighted by Gasteiger charge is 2.51. The fourth-order valence-electron chi connectivity index (χ4n) is 10.0. The number of thiazole rings is 2. The minimum Gasteiger partial charge on any atom is -0.236 e.